The molecule has 104 valence electrons. The number of halogens is 1. The van der Waals surface area contributed by atoms with E-state index in [0.29, 0.717) is 12.5 Å². The van der Waals surface area contributed by atoms with Gasteiger partial charge in [-0.15, -0.1) is 0 Å². The van der Waals surface area contributed by atoms with E-state index < -0.39 is 0 Å². The summed E-state index contributed by atoms with van der Waals surface area (Å²) in [7, 11) is 4.10. The fraction of sp³-hybridized carbons (Fsp3) is 0.500. The van der Waals surface area contributed by atoms with Crippen molar-refractivity contribution in [3.05, 3.63) is 34.9 Å². The minimum absolute atomic E-state index is 0.252. The number of rotatable bonds is 4. The molecule has 0 saturated heterocycles. The molecule has 0 aromatic heterocycles. The van der Waals surface area contributed by atoms with Crippen LogP contribution in [-0.2, 0) is 5.54 Å². The highest BCUT2D eigenvalue weighted by molar-refractivity contribution is 6.31. The predicted molar refractivity (Wildman–Crippen MR) is 80.6 cm³/mol. The molecule has 1 aromatic carbocycles. The Hall–Kier alpha value is -1.26. The third-order valence-electron chi connectivity index (χ3n) is 3.65. The minimum atomic E-state index is -0.252. The highest BCUT2D eigenvalue weighted by atomic mass is 35.5. The maximum absolute atomic E-state index is 6.34. The lowest BCUT2D eigenvalue weighted by molar-refractivity contribution is 0.205. The summed E-state index contributed by atoms with van der Waals surface area (Å²) in [6, 6.07) is 7.92. The van der Waals surface area contributed by atoms with Crippen molar-refractivity contribution in [3.8, 4) is 0 Å². The molecule has 4 nitrogen and oxygen atoms in total. The standard InChI is InChI=1S/C14H21ClN4/c1-14(11-6-4-5-7-12(11)15)10-17-13(16)19(14)9-8-18(2)3/h4-7H,8-10H2,1-3H3,(H2,16,17). The number of aliphatic imine (C=N–C) groups is 1. The minimum Gasteiger partial charge on any atom is -0.370 e. The monoisotopic (exact) mass is 280 g/mol. The van der Waals surface area contributed by atoms with E-state index in [-0.39, 0.29) is 5.54 Å². The molecule has 1 heterocycles. The van der Waals surface area contributed by atoms with E-state index in [1.165, 1.54) is 0 Å². The molecule has 1 aliphatic rings. The first kappa shape index (κ1) is 14.2. The van der Waals surface area contributed by atoms with Gasteiger partial charge < -0.3 is 15.5 Å². The number of likely N-dealkylation sites (N-methyl/N-ethyl adjacent to an activating group) is 1. The van der Waals surface area contributed by atoms with Gasteiger partial charge in [-0.1, -0.05) is 29.8 Å². The lowest BCUT2D eigenvalue weighted by Gasteiger charge is -2.37. The molecule has 0 saturated carbocycles. The van der Waals surface area contributed by atoms with Gasteiger partial charge >= 0.3 is 0 Å². The summed E-state index contributed by atoms with van der Waals surface area (Å²) in [5.41, 5.74) is 6.87. The second-order valence-electron chi connectivity index (χ2n) is 5.38. The molecule has 0 radical (unpaired) electrons. The molecule has 0 amide bonds. The van der Waals surface area contributed by atoms with Gasteiger partial charge in [0.25, 0.3) is 0 Å². The molecule has 0 bridgehead atoms. The van der Waals surface area contributed by atoms with Crippen molar-refractivity contribution in [2.45, 2.75) is 12.5 Å². The Bertz CT molecular complexity index is 486. The van der Waals surface area contributed by atoms with Crippen LogP contribution in [0.2, 0.25) is 5.02 Å². The summed E-state index contributed by atoms with van der Waals surface area (Å²) in [6.45, 7) is 4.56. The van der Waals surface area contributed by atoms with Gasteiger partial charge in [-0.2, -0.15) is 0 Å². The van der Waals surface area contributed by atoms with Gasteiger partial charge in [0.15, 0.2) is 5.96 Å². The quantitative estimate of drug-likeness (QED) is 0.914. The Morgan fingerprint density at radius 2 is 2.11 bits per heavy atom. The van der Waals surface area contributed by atoms with E-state index in [0.717, 1.165) is 23.7 Å². The van der Waals surface area contributed by atoms with Gasteiger partial charge in [-0.3, -0.25) is 4.99 Å². The highest BCUT2D eigenvalue weighted by Crippen LogP contribution is 2.36. The summed E-state index contributed by atoms with van der Waals surface area (Å²) in [5, 5.41) is 0.768. The molecular weight excluding hydrogens is 260 g/mol. The second-order valence-corrected chi connectivity index (χ2v) is 5.79. The average Bonchev–Trinajstić information content (AvgIpc) is 2.64. The van der Waals surface area contributed by atoms with E-state index in [4.69, 9.17) is 17.3 Å². The van der Waals surface area contributed by atoms with Crippen molar-refractivity contribution >= 4 is 17.6 Å². The Kier molecular flexibility index (Phi) is 4.02. The number of guanidine groups is 1. The van der Waals surface area contributed by atoms with Gasteiger partial charge in [0.1, 0.15) is 0 Å². The summed E-state index contributed by atoms with van der Waals surface area (Å²) in [4.78, 5) is 8.69. The molecular formula is C14H21ClN4. The van der Waals surface area contributed by atoms with Crippen molar-refractivity contribution < 1.29 is 0 Å². The Morgan fingerprint density at radius 3 is 2.74 bits per heavy atom. The maximum atomic E-state index is 6.34. The van der Waals surface area contributed by atoms with E-state index >= 15 is 0 Å². The zero-order chi connectivity index (χ0) is 14.0. The molecule has 1 aromatic rings. The number of hydrogen-bond donors (Lipinski definition) is 1. The lowest BCUT2D eigenvalue weighted by Crippen LogP contribution is -2.49. The summed E-state index contributed by atoms with van der Waals surface area (Å²) >= 11 is 6.34. The van der Waals surface area contributed by atoms with Crippen LogP contribution in [0.4, 0.5) is 0 Å². The number of nitrogens with two attached hydrogens (primary N) is 1. The van der Waals surface area contributed by atoms with Crippen LogP contribution in [0, 0.1) is 0 Å². The van der Waals surface area contributed by atoms with Gasteiger partial charge in [0.05, 0.1) is 12.1 Å². The fourth-order valence-corrected chi connectivity index (χ4v) is 2.79. The van der Waals surface area contributed by atoms with Gasteiger partial charge in [-0.25, -0.2) is 0 Å². The summed E-state index contributed by atoms with van der Waals surface area (Å²) < 4.78 is 0. The van der Waals surface area contributed by atoms with Crippen LogP contribution < -0.4 is 5.73 Å². The molecule has 1 atom stereocenters. The first-order chi connectivity index (χ1) is 8.95. The smallest absolute Gasteiger partial charge is 0.192 e. The summed E-state index contributed by atoms with van der Waals surface area (Å²) in [5.74, 6) is 0.601. The largest absolute Gasteiger partial charge is 0.370 e. The van der Waals surface area contributed by atoms with E-state index in [1.54, 1.807) is 0 Å². The first-order valence-corrected chi connectivity index (χ1v) is 6.80. The molecule has 5 heteroatoms. The topological polar surface area (TPSA) is 44.9 Å². The number of nitrogens with zero attached hydrogens (tertiary/aromatic N) is 3. The van der Waals surface area contributed by atoms with Crippen LogP contribution in [-0.4, -0.2) is 49.5 Å². The van der Waals surface area contributed by atoms with Gasteiger partial charge in [0, 0.05) is 18.1 Å². The Labute approximate surface area is 119 Å². The third-order valence-corrected chi connectivity index (χ3v) is 3.98. The molecule has 2 N–H and O–H groups in total. The average molecular weight is 281 g/mol. The molecule has 0 spiro atoms. The highest BCUT2D eigenvalue weighted by Gasteiger charge is 2.40. The van der Waals surface area contributed by atoms with Crippen LogP contribution in [0.15, 0.2) is 29.3 Å². The molecule has 1 unspecified atom stereocenters. The van der Waals surface area contributed by atoms with Gasteiger partial charge in [-0.05, 0) is 32.6 Å². The fourth-order valence-electron chi connectivity index (χ4n) is 2.45. The van der Waals surface area contributed by atoms with Crippen LogP contribution in [0.3, 0.4) is 0 Å². The zero-order valence-electron chi connectivity index (χ0n) is 11.7. The normalized spacial score (nSPS) is 23.0. The molecule has 19 heavy (non-hydrogen) atoms. The summed E-state index contributed by atoms with van der Waals surface area (Å²) in [6.07, 6.45) is 0. The number of benzene rings is 1. The lowest BCUT2D eigenvalue weighted by atomic mass is 9.91. The van der Waals surface area contributed by atoms with Crippen molar-refractivity contribution in [2.75, 3.05) is 33.7 Å². The molecule has 2 rings (SSSR count). The van der Waals surface area contributed by atoms with E-state index in [2.05, 4.69) is 41.9 Å². The van der Waals surface area contributed by atoms with E-state index in [1.807, 2.05) is 18.2 Å². The first-order valence-electron chi connectivity index (χ1n) is 6.42. The van der Waals surface area contributed by atoms with Crippen LogP contribution in [0.25, 0.3) is 0 Å². The maximum Gasteiger partial charge on any atom is 0.192 e. The van der Waals surface area contributed by atoms with E-state index in [9.17, 15) is 0 Å². The third kappa shape index (κ3) is 2.69. The number of hydrogen-bond acceptors (Lipinski definition) is 4. The zero-order valence-corrected chi connectivity index (χ0v) is 12.5. The van der Waals surface area contributed by atoms with Gasteiger partial charge in [0.2, 0.25) is 0 Å². The second kappa shape index (κ2) is 5.39. The van der Waals surface area contributed by atoms with Crippen LogP contribution in [0.1, 0.15) is 12.5 Å². The van der Waals surface area contributed by atoms with Crippen LogP contribution in [0.5, 0.6) is 0 Å². The van der Waals surface area contributed by atoms with Crippen molar-refractivity contribution in [1.29, 1.82) is 0 Å². The SMILES string of the molecule is CN(C)CCN1C(N)=NCC1(C)c1ccccc1Cl. The Balaban J connectivity index is 2.29. The van der Waals surface area contributed by atoms with Crippen molar-refractivity contribution in [2.24, 2.45) is 10.7 Å². The van der Waals surface area contributed by atoms with Crippen molar-refractivity contribution in [3.63, 3.8) is 0 Å². The molecule has 0 fully saturated rings. The molecule has 0 aliphatic carbocycles. The molecule has 1 aliphatic heterocycles. The Morgan fingerprint density at radius 1 is 1.42 bits per heavy atom. The van der Waals surface area contributed by atoms with Crippen LogP contribution >= 0.6 is 11.6 Å². The van der Waals surface area contributed by atoms with Crippen molar-refractivity contribution in [1.82, 2.24) is 9.80 Å². The predicted octanol–water partition coefficient (Wildman–Crippen LogP) is 1.75.